The second-order valence-electron chi connectivity index (χ2n) is 5.16. The van der Waals surface area contributed by atoms with Gasteiger partial charge in [0.15, 0.2) is 0 Å². The van der Waals surface area contributed by atoms with Gasteiger partial charge in [-0.2, -0.15) is 0 Å². The SMILES string of the molecule is CC(=O)O.Cc1cc(C(C)(C)C)n(C)c1C(=O)Cl. The highest BCUT2D eigenvalue weighted by Gasteiger charge is 2.22. The summed E-state index contributed by atoms with van der Waals surface area (Å²) in [5.41, 5.74) is 2.69. The summed E-state index contributed by atoms with van der Waals surface area (Å²) >= 11 is 5.52. The fourth-order valence-corrected chi connectivity index (χ4v) is 2.04. The maximum Gasteiger partial charge on any atom is 0.300 e. The third-order valence-corrected chi connectivity index (χ3v) is 2.56. The van der Waals surface area contributed by atoms with Gasteiger partial charge < -0.3 is 9.67 Å². The average molecular weight is 274 g/mol. The van der Waals surface area contributed by atoms with E-state index >= 15 is 0 Å². The number of carbonyl (C=O) groups is 2. The molecule has 102 valence electrons. The summed E-state index contributed by atoms with van der Waals surface area (Å²) in [7, 11) is 1.88. The molecule has 1 aromatic rings. The van der Waals surface area contributed by atoms with Crippen LogP contribution >= 0.6 is 11.6 Å². The molecule has 0 atom stereocenters. The molecule has 0 unspecified atom stereocenters. The van der Waals surface area contributed by atoms with E-state index in [1.54, 1.807) is 0 Å². The summed E-state index contributed by atoms with van der Waals surface area (Å²) < 4.78 is 1.88. The molecule has 1 aromatic heterocycles. The van der Waals surface area contributed by atoms with Gasteiger partial charge in [0, 0.05) is 25.1 Å². The molecule has 1 heterocycles. The zero-order valence-corrected chi connectivity index (χ0v) is 12.4. The van der Waals surface area contributed by atoms with Crippen molar-refractivity contribution in [2.45, 2.75) is 40.0 Å². The number of aromatic nitrogens is 1. The number of aryl methyl sites for hydroxylation is 1. The molecule has 0 spiro atoms. The zero-order chi connectivity index (χ0) is 14.7. The first-order valence-corrected chi connectivity index (χ1v) is 5.92. The first-order valence-electron chi connectivity index (χ1n) is 5.54. The van der Waals surface area contributed by atoms with E-state index in [9.17, 15) is 4.79 Å². The van der Waals surface area contributed by atoms with Gasteiger partial charge in [-0.15, -0.1) is 0 Å². The molecule has 0 bridgehead atoms. The molecule has 0 aliphatic heterocycles. The number of hydrogen-bond acceptors (Lipinski definition) is 2. The molecule has 1 rings (SSSR count). The lowest BCUT2D eigenvalue weighted by Gasteiger charge is -2.19. The molecule has 5 heteroatoms. The predicted octanol–water partition coefficient (Wildman–Crippen LogP) is 3.10. The maximum absolute atomic E-state index is 11.2. The normalized spacial score (nSPS) is 10.6. The Hall–Kier alpha value is -1.29. The summed E-state index contributed by atoms with van der Waals surface area (Å²) in [5, 5.41) is 7.03. The number of hydrogen-bond donors (Lipinski definition) is 1. The fourth-order valence-electron chi connectivity index (χ4n) is 1.76. The first-order chi connectivity index (χ1) is 7.98. The third-order valence-electron chi connectivity index (χ3n) is 2.38. The number of carboxylic acid groups (broad SMARTS) is 1. The standard InChI is InChI=1S/C11H16ClNO.C2H4O2/c1-7-6-8(11(2,3)4)13(5)9(7)10(12)14;1-2(3)4/h6H,1-5H3;1H3,(H,3,4). The lowest BCUT2D eigenvalue weighted by Crippen LogP contribution is -2.17. The van der Waals surface area contributed by atoms with Crippen LogP contribution in [-0.2, 0) is 17.3 Å². The van der Waals surface area contributed by atoms with Crippen LogP contribution in [0.4, 0.5) is 0 Å². The second kappa shape index (κ2) is 6.05. The minimum absolute atomic E-state index is 0.0318. The van der Waals surface area contributed by atoms with Gasteiger partial charge in [-0.05, 0) is 30.2 Å². The number of halogens is 1. The highest BCUT2D eigenvalue weighted by molar-refractivity contribution is 6.67. The Balaban J connectivity index is 0.000000631. The highest BCUT2D eigenvalue weighted by Crippen LogP contribution is 2.27. The van der Waals surface area contributed by atoms with Gasteiger partial charge >= 0.3 is 0 Å². The quantitative estimate of drug-likeness (QED) is 0.800. The van der Waals surface area contributed by atoms with Crippen LogP contribution in [0.3, 0.4) is 0 Å². The van der Waals surface area contributed by atoms with Gasteiger partial charge in [0.05, 0.1) is 0 Å². The maximum atomic E-state index is 11.2. The average Bonchev–Trinajstić information content (AvgIpc) is 2.39. The molecular formula is C13H20ClNO3. The first kappa shape index (κ1) is 16.7. The van der Waals surface area contributed by atoms with Gasteiger partial charge in [0.2, 0.25) is 0 Å². The van der Waals surface area contributed by atoms with Gasteiger partial charge in [-0.25, -0.2) is 0 Å². The fraction of sp³-hybridized carbons (Fsp3) is 0.538. The van der Waals surface area contributed by atoms with Gasteiger partial charge in [-0.1, -0.05) is 20.8 Å². The Bertz CT molecular complexity index is 452. The summed E-state index contributed by atoms with van der Waals surface area (Å²) in [5.74, 6) is -0.833. The number of rotatable bonds is 1. The van der Waals surface area contributed by atoms with E-state index in [1.165, 1.54) is 0 Å². The molecule has 0 amide bonds. The smallest absolute Gasteiger partial charge is 0.300 e. The Morgan fingerprint density at radius 3 is 1.89 bits per heavy atom. The molecule has 0 aromatic carbocycles. The van der Waals surface area contributed by atoms with Crippen molar-refractivity contribution in [2.75, 3.05) is 0 Å². The van der Waals surface area contributed by atoms with Crippen molar-refractivity contribution in [3.05, 3.63) is 23.0 Å². The van der Waals surface area contributed by atoms with E-state index in [2.05, 4.69) is 20.8 Å². The topological polar surface area (TPSA) is 59.3 Å². The van der Waals surface area contributed by atoms with E-state index < -0.39 is 5.97 Å². The molecule has 0 saturated carbocycles. The van der Waals surface area contributed by atoms with E-state index in [0.717, 1.165) is 18.2 Å². The Morgan fingerprint density at radius 2 is 1.72 bits per heavy atom. The molecule has 0 aliphatic carbocycles. The van der Waals surface area contributed by atoms with Crippen LogP contribution in [0.5, 0.6) is 0 Å². The Kier molecular flexibility index (Phi) is 5.61. The molecule has 0 fully saturated rings. The summed E-state index contributed by atoms with van der Waals surface area (Å²) in [4.78, 5) is 20.2. The predicted molar refractivity (Wildman–Crippen MR) is 72.3 cm³/mol. The molecular weight excluding hydrogens is 254 g/mol. The molecule has 18 heavy (non-hydrogen) atoms. The van der Waals surface area contributed by atoms with Gasteiger partial charge in [-0.3, -0.25) is 9.59 Å². The van der Waals surface area contributed by atoms with Crippen LogP contribution in [-0.4, -0.2) is 20.9 Å². The van der Waals surface area contributed by atoms with E-state index in [4.69, 9.17) is 21.5 Å². The Labute approximate surface area is 113 Å². The van der Waals surface area contributed by atoms with Crippen LogP contribution in [0, 0.1) is 6.92 Å². The van der Waals surface area contributed by atoms with Crippen molar-refractivity contribution in [1.29, 1.82) is 0 Å². The number of carboxylic acids is 1. The summed E-state index contributed by atoms with van der Waals surface area (Å²) in [6.45, 7) is 9.34. The molecule has 0 aliphatic rings. The largest absolute Gasteiger partial charge is 0.481 e. The van der Waals surface area contributed by atoms with Crippen molar-refractivity contribution >= 4 is 22.8 Å². The van der Waals surface area contributed by atoms with E-state index in [1.807, 2.05) is 24.6 Å². The van der Waals surface area contributed by atoms with Crippen molar-refractivity contribution in [3.63, 3.8) is 0 Å². The van der Waals surface area contributed by atoms with Crippen LogP contribution < -0.4 is 0 Å². The Morgan fingerprint density at radius 1 is 1.33 bits per heavy atom. The lowest BCUT2D eigenvalue weighted by atomic mass is 9.92. The molecule has 0 saturated heterocycles. The minimum atomic E-state index is -0.833. The van der Waals surface area contributed by atoms with E-state index in [-0.39, 0.29) is 10.7 Å². The number of carbonyl (C=O) groups excluding carboxylic acids is 1. The zero-order valence-electron chi connectivity index (χ0n) is 11.7. The van der Waals surface area contributed by atoms with Crippen LogP contribution in [0.25, 0.3) is 0 Å². The number of aliphatic carboxylic acids is 1. The van der Waals surface area contributed by atoms with Crippen molar-refractivity contribution in [1.82, 2.24) is 4.57 Å². The third kappa shape index (κ3) is 4.53. The van der Waals surface area contributed by atoms with E-state index in [0.29, 0.717) is 5.69 Å². The highest BCUT2D eigenvalue weighted by atomic mass is 35.5. The van der Waals surface area contributed by atoms with Gasteiger partial charge in [0.1, 0.15) is 5.69 Å². The second-order valence-corrected chi connectivity index (χ2v) is 5.51. The number of nitrogens with zero attached hydrogens (tertiary/aromatic N) is 1. The van der Waals surface area contributed by atoms with Crippen molar-refractivity contribution < 1.29 is 14.7 Å². The van der Waals surface area contributed by atoms with Gasteiger partial charge in [0.25, 0.3) is 11.2 Å². The summed E-state index contributed by atoms with van der Waals surface area (Å²) in [6.07, 6.45) is 0. The van der Waals surface area contributed by atoms with Crippen molar-refractivity contribution in [3.8, 4) is 0 Å². The molecule has 4 nitrogen and oxygen atoms in total. The molecule has 0 radical (unpaired) electrons. The van der Waals surface area contributed by atoms with Crippen molar-refractivity contribution in [2.24, 2.45) is 7.05 Å². The monoisotopic (exact) mass is 273 g/mol. The van der Waals surface area contributed by atoms with Crippen LogP contribution in [0.15, 0.2) is 6.07 Å². The summed E-state index contributed by atoms with van der Waals surface area (Å²) in [6, 6.07) is 2.02. The van der Waals surface area contributed by atoms with Crippen LogP contribution in [0.1, 0.15) is 49.4 Å². The van der Waals surface area contributed by atoms with Crippen LogP contribution in [0.2, 0.25) is 0 Å². The minimum Gasteiger partial charge on any atom is -0.481 e. The lowest BCUT2D eigenvalue weighted by molar-refractivity contribution is -0.134. The molecule has 1 N–H and O–H groups in total.